The van der Waals surface area contributed by atoms with Crippen LogP contribution in [-0.4, -0.2) is 29.2 Å². The van der Waals surface area contributed by atoms with Crippen LogP contribution in [0.4, 0.5) is 0 Å². The number of hydrogen-bond acceptors (Lipinski definition) is 3. The Morgan fingerprint density at radius 2 is 2.20 bits per heavy atom. The average Bonchev–Trinajstić information content (AvgIpc) is 2.51. The second-order valence-corrected chi connectivity index (χ2v) is 4.52. The summed E-state index contributed by atoms with van der Waals surface area (Å²) in [6.45, 7) is 7.32. The molecule has 1 aromatic heterocycles. The monoisotopic (exact) mass is 211 g/mol. The van der Waals surface area contributed by atoms with Crippen molar-refractivity contribution in [1.29, 1.82) is 0 Å². The molecule has 1 heterocycles. The van der Waals surface area contributed by atoms with Gasteiger partial charge < -0.3 is 9.52 Å². The van der Waals surface area contributed by atoms with E-state index in [0.717, 1.165) is 18.7 Å². The molecule has 0 saturated heterocycles. The van der Waals surface area contributed by atoms with Crippen LogP contribution in [0.25, 0.3) is 0 Å². The first kappa shape index (κ1) is 12.3. The SMILES string of the molecule is CCC(C)(O)CN(C)Cc1ccoc1C. The van der Waals surface area contributed by atoms with Crippen LogP contribution in [0.2, 0.25) is 0 Å². The van der Waals surface area contributed by atoms with E-state index in [1.807, 2.05) is 33.9 Å². The number of rotatable bonds is 5. The van der Waals surface area contributed by atoms with Crippen LogP contribution in [-0.2, 0) is 6.54 Å². The van der Waals surface area contributed by atoms with Crippen LogP contribution < -0.4 is 0 Å². The van der Waals surface area contributed by atoms with Gasteiger partial charge in [-0.05, 0) is 33.4 Å². The van der Waals surface area contributed by atoms with Crippen LogP contribution in [0.3, 0.4) is 0 Å². The first-order valence-electron chi connectivity index (χ1n) is 5.38. The number of aliphatic hydroxyl groups is 1. The van der Waals surface area contributed by atoms with E-state index in [4.69, 9.17) is 4.42 Å². The Kier molecular flexibility index (Phi) is 3.94. The van der Waals surface area contributed by atoms with E-state index in [1.54, 1.807) is 6.26 Å². The van der Waals surface area contributed by atoms with Gasteiger partial charge in [0.05, 0.1) is 11.9 Å². The van der Waals surface area contributed by atoms with Crippen LogP contribution in [0.5, 0.6) is 0 Å². The summed E-state index contributed by atoms with van der Waals surface area (Å²) < 4.78 is 5.23. The van der Waals surface area contributed by atoms with Gasteiger partial charge >= 0.3 is 0 Å². The molecule has 0 aromatic carbocycles. The highest BCUT2D eigenvalue weighted by Gasteiger charge is 2.20. The summed E-state index contributed by atoms with van der Waals surface area (Å²) in [7, 11) is 2.01. The molecule has 1 N–H and O–H groups in total. The maximum atomic E-state index is 9.93. The number of aryl methyl sites for hydroxylation is 1. The molecule has 3 nitrogen and oxygen atoms in total. The lowest BCUT2D eigenvalue weighted by atomic mass is 10.0. The van der Waals surface area contributed by atoms with Crippen molar-refractivity contribution in [3.8, 4) is 0 Å². The summed E-state index contributed by atoms with van der Waals surface area (Å²) in [5.74, 6) is 0.956. The lowest BCUT2D eigenvalue weighted by Gasteiger charge is -2.27. The van der Waals surface area contributed by atoms with Crippen molar-refractivity contribution in [3.63, 3.8) is 0 Å². The summed E-state index contributed by atoms with van der Waals surface area (Å²) in [5, 5.41) is 9.93. The highest BCUT2D eigenvalue weighted by Crippen LogP contribution is 2.14. The van der Waals surface area contributed by atoms with Gasteiger partial charge in [0.25, 0.3) is 0 Å². The molecule has 0 bridgehead atoms. The molecule has 15 heavy (non-hydrogen) atoms. The normalized spacial score (nSPS) is 15.6. The molecule has 0 radical (unpaired) electrons. The molecule has 86 valence electrons. The minimum Gasteiger partial charge on any atom is -0.469 e. The van der Waals surface area contributed by atoms with Crippen molar-refractivity contribution in [1.82, 2.24) is 4.90 Å². The van der Waals surface area contributed by atoms with Gasteiger partial charge in [-0.15, -0.1) is 0 Å². The van der Waals surface area contributed by atoms with Crippen LogP contribution in [0.15, 0.2) is 16.7 Å². The van der Waals surface area contributed by atoms with Gasteiger partial charge in [0, 0.05) is 18.7 Å². The highest BCUT2D eigenvalue weighted by atomic mass is 16.3. The fourth-order valence-corrected chi connectivity index (χ4v) is 1.62. The molecule has 0 spiro atoms. The van der Waals surface area contributed by atoms with Gasteiger partial charge in [0.2, 0.25) is 0 Å². The average molecular weight is 211 g/mol. The Labute approximate surface area is 91.7 Å². The minimum atomic E-state index is -0.605. The molecule has 1 atom stereocenters. The zero-order valence-corrected chi connectivity index (χ0v) is 10.1. The molecule has 1 rings (SSSR count). The molecular formula is C12H21NO2. The largest absolute Gasteiger partial charge is 0.469 e. The number of likely N-dealkylation sites (N-methyl/N-ethyl adjacent to an activating group) is 1. The van der Waals surface area contributed by atoms with Crippen molar-refractivity contribution in [2.45, 2.75) is 39.3 Å². The zero-order valence-electron chi connectivity index (χ0n) is 10.1. The molecule has 3 heteroatoms. The van der Waals surface area contributed by atoms with E-state index >= 15 is 0 Å². The standard InChI is InChI=1S/C12H21NO2/c1-5-12(3,14)9-13(4)8-11-6-7-15-10(11)2/h6-7,14H,5,8-9H2,1-4H3. The second-order valence-electron chi connectivity index (χ2n) is 4.52. The molecular weight excluding hydrogens is 190 g/mol. The minimum absolute atomic E-state index is 0.605. The molecule has 0 amide bonds. The van der Waals surface area contributed by atoms with E-state index < -0.39 is 5.60 Å². The van der Waals surface area contributed by atoms with Gasteiger partial charge in [-0.2, -0.15) is 0 Å². The third kappa shape index (κ3) is 3.68. The summed E-state index contributed by atoms with van der Waals surface area (Å²) in [6, 6.07) is 1.98. The lowest BCUT2D eigenvalue weighted by molar-refractivity contribution is 0.0216. The molecule has 0 aliphatic heterocycles. The van der Waals surface area contributed by atoms with Gasteiger partial charge in [-0.25, -0.2) is 0 Å². The Hall–Kier alpha value is -0.800. The van der Waals surface area contributed by atoms with Crippen molar-refractivity contribution in [2.24, 2.45) is 0 Å². The first-order chi connectivity index (χ1) is 6.94. The summed E-state index contributed by atoms with van der Waals surface area (Å²) in [5.41, 5.74) is 0.580. The topological polar surface area (TPSA) is 36.6 Å². The molecule has 0 aliphatic carbocycles. The van der Waals surface area contributed by atoms with Crippen molar-refractivity contribution in [3.05, 3.63) is 23.7 Å². The van der Waals surface area contributed by atoms with Gasteiger partial charge in [-0.3, -0.25) is 4.90 Å². The first-order valence-corrected chi connectivity index (χ1v) is 5.38. The van der Waals surface area contributed by atoms with Crippen LogP contribution in [0, 0.1) is 6.92 Å². The van der Waals surface area contributed by atoms with Crippen molar-refractivity contribution >= 4 is 0 Å². The Balaban J connectivity index is 2.50. The Bertz CT molecular complexity index is 304. The Morgan fingerprint density at radius 1 is 1.53 bits per heavy atom. The highest BCUT2D eigenvalue weighted by molar-refractivity contribution is 5.15. The zero-order chi connectivity index (χ0) is 11.5. The van der Waals surface area contributed by atoms with E-state index in [9.17, 15) is 5.11 Å². The van der Waals surface area contributed by atoms with E-state index in [0.29, 0.717) is 6.54 Å². The smallest absolute Gasteiger partial charge is 0.105 e. The van der Waals surface area contributed by atoms with E-state index in [1.165, 1.54) is 5.56 Å². The third-order valence-electron chi connectivity index (χ3n) is 2.78. The predicted molar refractivity (Wildman–Crippen MR) is 60.7 cm³/mol. The summed E-state index contributed by atoms with van der Waals surface area (Å²) in [4.78, 5) is 2.11. The van der Waals surface area contributed by atoms with E-state index in [2.05, 4.69) is 4.90 Å². The molecule has 1 aromatic rings. The molecule has 0 fully saturated rings. The maximum Gasteiger partial charge on any atom is 0.105 e. The van der Waals surface area contributed by atoms with Crippen LogP contribution in [0.1, 0.15) is 31.6 Å². The maximum absolute atomic E-state index is 9.93. The van der Waals surface area contributed by atoms with Gasteiger partial charge in [0.1, 0.15) is 5.76 Å². The fourth-order valence-electron chi connectivity index (χ4n) is 1.62. The van der Waals surface area contributed by atoms with Gasteiger partial charge in [0.15, 0.2) is 0 Å². The summed E-state index contributed by atoms with van der Waals surface area (Å²) in [6.07, 6.45) is 2.47. The van der Waals surface area contributed by atoms with E-state index in [-0.39, 0.29) is 0 Å². The molecule has 0 aliphatic rings. The quantitative estimate of drug-likeness (QED) is 0.811. The second kappa shape index (κ2) is 4.81. The molecule has 1 unspecified atom stereocenters. The molecule has 0 saturated carbocycles. The van der Waals surface area contributed by atoms with Crippen molar-refractivity contribution in [2.75, 3.05) is 13.6 Å². The Morgan fingerprint density at radius 3 is 2.67 bits per heavy atom. The number of nitrogens with zero attached hydrogens (tertiary/aromatic N) is 1. The third-order valence-corrected chi connectivity index (χ3v) is 2.78. The van der Waals surface area contributed by atoms with Crippen molar-refractivity contribution < 1.29 is 9.52 Å². The predicted octanol–water partition coefficient (Wildman–Crippen LogP) is 2.18. The van der Waals surface area contributed by atoms with Crippen LogP contribution >= 0.6 is 0 Å². The van der Waals surface area contributed by atoms with Gasteiger partial charge in [-0.1, -0.05) is 6.92 Å². The lowest BCUT2D eigenvalue weighted by Crippen LogP contribution is -2.38. The fraction of sp³-hybridized carbons (Fsp3) is 0.667. The number of hydrogen-bond donors (Lipinski definition) is 1. The summed E-state index contributed by atoms with van der Waals surface area (Å²) >= 11 is 0. The number of furan rings is 1.